The van der Waals surface area contributed by atoms with Crippen molar-refractivity contribution < 1.29 is 14.3 Å². The second-order valence-corrected chi connectivity index (χ2v) is 8.38. The van der Waals surface area contributed by atoms with E-state index < -0.39 is 0 Å². The third kappa shape index (κ3) is 3.53. The second kappa shape index (κ2) is 7.26. The van der Waals surface area contributed by atoms with E-state index >= 15 is 0 Å². The van der Waals surface area contributed by atoms with Crippen LogP contribution in [0.5, 0.6) is 11.5 Å². The van der Waals surface area contributed by atoms with Crippen molar-refractivity contribution in [3.05, 3.63) is 47.0 Å². The van der Waals surface area contributed by atoms with Crippen LogP contribution >= 0.6 is 11.8 Å². The van der Waals surface area contributed by atoms with Gasteiger partial charge in [-0.15, -0.1) is 5.10 Å². The lowest BCUT2D eigenvalue weighted by molar-refractivity contribution is 0.102. The van der Waals surface area contributed by atoms with E-state index in [9.17, 15) is 4.79 Å². The molecule has 1 aliphatic carbocycles. The summed E-state index contributed by atoms with van der Waals surface area (Å²) < 4.78 is 13.4. The zero-order chi connectivity index (χ0) is 20.0. The highest BCUT2D eigenvalue weighted by molar-refractivity contribution is 7.99. The van der Waals surface area contributed by atoms with Crippen LogP contribution in [0.25, 0.3) is 5.69 Å². The van der Waals surface area contributed by atoms with Gasteiger partial charge in [0.25, 0.3) is 0 Å². The fourth-order valence-electron chi connectivity index (χ4n) is 3.68. The smallest absolute Gasteiger partial charge is 0.208 e. The van der Waals surface area contributed by atoms with E-state index in [4.69, 9.17) is 9.47 Å². The number of hydrogen-bond donors (Lipinski definition) is 1. The summed E-state index contributed by atoms with van der Waals surface area (Å²) in [4.78, 5) is 17.4. The van der Waals surface area contributed by atoms with Crippen molar-refractivity contribution in [2.24, 2.45) is 0 Å². The molecule has 0 spiro atoms. The molecule has 0 saturated heterocycles. The number of ether oxygens (including phenoxy) is 2. The van der Waals surface area contributed by atoms with E-state index in [0.717, 1.165) is 40.0 Å². The number of aromatic amines is 1. The first-order chi connectivity index (χ1) is 14.1. The number of nitrogens with one attached hydrogen (secondary N) is 1. The van der Waals surface area contributed by atoms with E-state index in [-0.39, 0.29) is 5.78 Å². The minimum Gasteiger partial charge on any atom is -0.486 e. The first-order valence-electron chi connectivity index (χ1n) is 9.77. The van der Waals surface area contributed by atoms with Crippen LogP contribution in [-0.2, 0) is 0 Å². The number of thioether (sulfide) groups is 1. The number of nitrogens with zero attached hydrogens (tertiary/aromatic N) is 3. The summed E-state index contributed by atoms with van der Waals surface area (Å²) >= 11 is 1.38. The average Bonchev–Trinajstić information content (AvgIpc) is 3.40. The summed E-state index contributed by atoms with van der Waals surface area (Å²) in [7, 11) is 0. The molecule has 2 aromatic heterocycles. The Kier molecular flexibility index (Phi) is 4.58. The number of carbonyl (C=O) groups excluding carboxylic acids is 1. The van der Waals surface area contributed by atoms with Gasteiger partial charge in [-0.25, -0.2) is 4.98 Å². The van der Waals surface area contributed by atoms with Crippen molar-refractivity contribution in [2.75, 3.05) is 19.0 Å². The summed E-state index contributed by atoms with van der Waals surface area (Å²) in [6.07, 6.45) is 2.34. The molecular weight excluding hydrogens is 388 g/mol. The van der Waals surface area contributed by atoms with E-state index in [1.165, 1.54) is 24.6 Å². The fraction of sp³-hybridized carbons (Fsp3) is 0.381. The molecule has 150 valence electrons. The van der Waals surface area contributed by atoms with Crippen molar-refractivity contribution in [3.8, 4) is 17.2 Å². The summed E-state index contributed by atoms with van der Waals surface area (Å²) in [6.45, 7) is 5.09. The Balaban J connectivity index is 1.35. The topological polar surface area (TPSA) is 82.0 Å². The number of hydrogen-bond acceptors (Lipinski definition) is 6. The highest BCUT2D eigenvalue weighted by atomic mass is 32.2. The highest BCUT2D eigenvalue weighted by Gasteiger charge is 2.27. The van der Waals surface area contributed by atoms with Crippen LogP contribution in [0.4, 0.5) is 0 Å². The van der Waals surface area contributed by atoms with E-state index in [1.807, 2.05) is 38.1 Å². The second-order valence-electron chi connectivity index (χ2n) is 7.44. The Hall–Kier alpha value is -2.74. The Morgan fingerprint density at radius 1 is 1.21 bits per heavy atom. The van der Waals surface area contributed by atoms with Crippen LogP contribution in [-0.4, -0.2) is 44.5 Å². The maximum absolute atomic E-state index is 12.9. The molecule has 5 rings (SSSR count). The van der Waals surface area contributed by atoms with Crippen molar-refractivity contribution >= 4 is 17.5 Å². The molecule has 0 bridgehead atoms. The molecule has 3 heterocycles. The highest BCUT2D eigenvalue weighted by Crippen LogP contribution is 2.38. The number of aryl methyl sites for hydroxylation is 1. The number of aromatic nitrogens is 4. The van der Waals surface area contributed by atoms with Gasteiger partial charge in [-0.2, -0.15) is 0 Å². The summed E-state index contributed by atoms with van der Waals surface area (Å²) in [5.74, 6) is 3.35. The first kappa shape index (κ1) is 18.3. The monoisotopic (exact) mass is 410 g/mol. The van der Waals surface area contributed by atoms with Crippen molar-refractivity contribution in [3.63, 3.8) is 0 Å². The number of H-pyrrole nitrogens is 1. The molecular formula is C21H22N4O3S. The van der Waals surface area contributed by atoms with Crippen LogP contribution in [0, 0.1) is 13.8 Å². The molecule has 0 atom stereocenters. The predicted octanol–water partition coefficient (Wildman–Crippen LogP) is 3.84. The largest absolute Gasteiger partial charge is 0.486 e. The van der Waals surface area contributed by atoms with Gasteiger partial charge in [0.05, 0.1) is 5.75 Å². The van der Waals surface area contributed by atoms with Crippen LogP contribution < -0.4 is 9.47 Å². The SMILES string of the molecule is Cc1cc(C(=O)CSc2n[nH]c(C3CC3)n2)c(C)n1-c1ccc2c(c1)OCCO2. The third-order valence-corrected chi connectivity index (χ3v) is 6.14. The van der Waals surface area contributed by atoms with Gasteiger partial charge >= 0.3 is 0 Å². The zero-order valence-electron chi connectivity index (χ0n) is 16.4. The molecule has 7 nitrogen and oxygen atoms in total. The molecule has 1 N–H and O–H groups in total. The number of carbonyl (C=O) groups is 1. The molecule has 1 fully saturated rings. The molecule has 0 unspecified atom stereocenters. The molecule has 1 saturated carbocycles. The number of Topliss-reactive ketones (excluding diaryl/α,β-unsaturated/α-hetero) is 1. The number of ketones is 1. The van der Waals surface area contributed by atoms with Gasteiger partial charge in [-0.1, -0.05) is 11.8 Å². The van der Waals surface area contributed by atoms with Crippen molar-refractivity contribution in [2.45, 2.75) is 37.8 Å². The maximum Gasteiger partial charge on any atom is 0.208 e. The lowest BCUT2D eigenvalue weighted by Gasteiger charge is -2.20. The lowest BCUT2D eigenvalue weighted by atomic mass is 10.2. The Morgan fingerprint density at radius 2 is 2.00 bits per heavy atom. The molecule has 2 aliphatic rings. The maximum atomic E-state index is 12.9. The van der Waals surface area contributed by atoms with Gasteiger partial charge in [0.2, 0.25) is 5.16 Å². The van der Waals surface area contributed by atoms with Gasteiger partial charge < -0.3 is 14.0 Å². The van der Waals surface area contributed by atoms with Crippen LogP contribution in [0.1, 0.15) is 46.3 Å². The molecule has 8 heteroatoms. The fourth-order valence-corrected chi connectivity index (χ4v) is 4.37. The van der Waals surface area contributed by atoms with Crippen LogP contribution in [0.15, 0.2) is 29.4 Å². The molecule has 0 amide bonds. The lowest BCUT2D eigenvalue weighted by Crippen LogP contribution is -2.15. The van der Waals surface area contributed by atoms with Crippen LogP contribution in [0.3, 0.4) is 0 Å². The molecule has 29 heavy (non-hydrogen) atoms. The Bertz CT molecular complexity index is 1080. The number of benzene rings is 1. The van der Waals surface area contributed by atoms with E-state index in [2.05, 4.69) is 19.7 Å². The Labute approximate surface area is 172 Å². The minimum atomic E-state index is 0.0738. The third-order valence-electron chi connectivity index (χ3n) is 5.29. The number of rotatable bonds is 6. The van der Waals surface area contributed by atoms with E-state index in [0.29, 0.717) is 30.0 Å². The molecule has 1 aliphatic heterocycles. The van der Waals surface area contributed by atoms with Gasteiger partial charge in [0.15, 0.2) is 17.3 Å². The molecule has 1 aromatic carbocycles. The van der Waals surface area contributed by atoms with Gasteiger partial charge in [-0.3, -0.25) is 9.89 Å². The van der Waals surface area contributed by atoms with Crippen LogP contribution in [0.2, 0.25) is 0 Å². The molecule has 3 aromatic rings. The quantitative estimate of drug-likeness (QED) is 0.491. The summed E-state index contributed by atoms with van der Waals surface area (Å²) in [5.41, 5.74) is 3.60. The van der Waals surface area contributed by atoms with Gasteiger partial charge in [0.1, 0.15) is 19.0 Å². The minimum absolute atomic E-state index is 0.0738. The average molecular weight is 410 g/mol. The molecule has 0 radical (unpaired) electrons. The summed E-state index contributed by atoms with van der Waals surface area (Å²) in [6, 6.07) is 7.82. The standard InChI is InChI=1S/C21H22N4O3S/c1-12-9-16(17(26)11-29-21-22-20(23-24-21)14-3-4-14)13(2)25(12)15-5-6-18-19(10-15)28-8-7-27-18/h5-6,9-10,14H,3-4,7-8,11H2,1-2H3,(H,22,23,24). The Morgan fingerprint density at radius 3 is 2.79 bits per heavy atom. The van der Waals surface area contributed by atoms with Crippen molar-refractivity contribution in [1.29, 1.82) is 0 Å². The zero-order valence-corrected chi connectivity index (χ0v) is 17.2. The normalized spacial score (nSPS) is 15.5. The van der Waals surface area contributed by atoms with Gasteiger partial charge in [0, 0.05) is 34.6 Å². The predicted molar refractivity (Wildman–Crippen MR) is 110 cm³/mol. The van der Waals surface area contributed by atoms with Crippen molar-refractivity contribution in [1.82, 2.24) is 19.7 Å². The van der Waals surface area contributed by atoms with E-state index in [1.54, 1.807) is 0 Å². The summed E-state index contributed by atoms with van der Waals surface area (Å²) in [5, 5.41) is 7.84. The number of fused-ring (bicyclic) bond motifs is 1. The van der Waals surface area contributed by atoms with Gasteiger partial charge in [-0.05, 0) is 44.9 Å². The first-order valence-corrected chi connectivity index (χ1v) is 10.8.